The molecule has 2 aliphatic rings. The normalized spacial score (nSPS) is 19.7. The Morgan fingerprint density at radius 3 is 2.93 bits per heavy atom. The molecule has 4 heterocycles. The highest BCUT2D eigenvalue weighted by Gasteiger charge is 2.24. The standard InChI is InChI=1S/C23H27N3O/c1-14(2)20-12-26-23-19(20)10-17(11-25-23)16-8-15-5-7-27-13-21(15)18(9-16)22-4-3-6-24-22/h8-12,14,22,24H,3-7,13H2,1-2H3,(H,25,26). The summed E-state index contributed by atoms with van der Waals surface area (Å²) in [4.78, 5) is 8.02. The summed E-state index contributed by atoms with van der Waals surface area (Å²) in [5.74, 6) is 0.481. The number of hydrogen-bond acceptors (Lipinski definition) is 3. The van der Waals surface area contributed by atoms with E-state index < -0.39 is 0 Å². The summed E-state index contributed by atoms with van der Waals surface area (Å²) < 4.78 is 5.79. The van der Waals surface area contributed by atoms with Gasteiger partial charge in [0.05, 0.1) is 13.2 Å². The molecular weight excluding hydrogens is 334 g/mol. The predicted molar refractivity (Wildman–Crippen MR) is 109 cm³/mol. The zero-order valence-electron chi connectivity index (χ0n) is 16.1. The number of aromatic nitrogens is 2. The van der Waals surface area contributed by atoms with E-state index in [1.54, 1.807) is 0 Å². The van der Waals surface area contributed by atoms with E-state index in [9.17, 15) is 0 Å². The number of rotatable bonds is 3. The van der Waals surface area contributed by atoms with Crippen LogP contribution in [0.2, 0.25) is 0 Å². The number of H-pyrrole nitrogens is 1. The summed E-state index contributed by atoms with van der Waals surface area (Å²) in [6.45, 7) is 7.14. The molecule has 0 bridgehead atoms. The van der Waals surface area contributed by atoms with Gasteiger partial charge in [0, 0.05) is 29.4 Å². The number of nitrogens with zero attached hydrogens (tertiary/aromatic N) is 1. The summed E-state index contributed by atoms with van der Waals surface area (Å²) in [6, 6.07) is 7.50. The zero-order valence-corrected chi connectivity index (χ0v) is 16.1. The maximum atomic E-state index is 5.79. The Hall–Kier alpha value is -2.17. The molecule has 27 heavy (non-hydrogen) atoms. The average molecular weight is 361 g/mol. The molecule has 1 atom stereocenters. The third kappa shape index (κ3) is 2.97. The van der Waals surface area contributed by atoms with Crippen LogP contribution in [0, 0.1) is 0 Å². The lowest BCUT2D eigenvalue weighted by Crippen LogP contribution is -2.19. The first-order valence-corrected chi connectivity index (χ1v) is 10.1. The minimum absolute atomic E-state index is 0.454. The minimum Gasteiger partial charge on any atom is -0.376 e. The molecule has 0 spiro atoms. The van der Waals surface area contributed by atoms with Gasteiger partial charge in [0.15, 0.2) is 0 Å². The van der Waals surface area contributed by atoms with Crippen LogP contribution in [-0.4, -0.2) is 23.1 Å². The monoisotopic (exact) mass is 361 g/mol. The SMILES string of the molecule is CC(C)c1c[nH]c2ncc(-c3cc4c(c(C5CCCN5)c3)COCC4)cc12. The van der Waals surface area contributed by atoms with Crippen molar-refractivity contribution in [2.24, 2.45) is 0 Å². The minimum atomic E-state index is 0.454. The van der Waals surface area contributed by atoms with Crippen LogP contribution in [0.25, 0.3) is 22.2 Å². The summed E-state index contributed by atoms with van der Waals surface area (Å²) in [6.07, 6.45) is 7.57. The Morgan fingerprint density at radius 2 is 2.11 bits per heavy atom. The van der Waals surface area contributed by atoms with Crippen molar-refractivity contribution in [1.82, 2.24) is 15.3 Å². The van der Waals surface area contributed by atoms with E-state index in [1.807, 2.05) is 6.20 Å². The topological polar surface area (TPSA) is 49.9 Å². The number of aromatic amines is 1. The smallest absolute Gasteiger partial charge is 0.137 e. The zero-order chi connectivity index (χ0) is 18.4. The summed E-state index contributed by atoms with van der Waals surface area (Å²) in [5.41, 5.74) is 9.08. The average Bonchev–Trinajstić information content (AvgIpc) is 3.36. The van der Waals surface area contributed by atoms with Gasteiger partial charge in [0.2, 0.25) is 0 Å². The second-order valence-electron chi connectivity index (χ2n) is 8.17. The van der Waals surface area contributed by atoms with Gasteiger partial charge in [-0.1, -0.05) is 19.9 Å². The molecule has 4 nitrogen and oxygen atoms in total. The van der Waals surface area contributed by atoms with Gasteiger partial charge >= 0.3 is 0 Å². The van der Waals surface area contributed by atoms with Crippen LogP contribution in [0.3, 0.4) is 0 Å². The second-order valence-corrected chi connectivity index (χ2v) is 8.17. The highest BCUT2D eigenvalue weighted by atomic mass is 16.5. The molecule has 2 aliphatic heterocycles. The van der Waals surface area contributed by atoms with E-state index >= 15 is 0 Å². The molecule has 1 saturated heterocycles. The first kappa shape index (κ1) is 17.0. The molecule has 2 N–H and O–H groups in total. The highest BCUT2D eigenvalue weighted by molar-refractivity contribution is 5.85. The van der Waals surface area contributed by atoms with Crippen LogP contribution in [0.15, 0.2) is 30.6 Å². The quantitative estimate of drug-likeness (QED) is 0.701. The maximum absolute atomic E-state index is 5.79. The molecule has 0 amide bonds. The third-order valence-corrected chi connectivity index (χ3v) is 6.09. The number of nitrogens with one attached hydrogen (secondary N) is 2. The third-order valence-electron chi connectivity index (χ3n) is 6.09. The number of pyridine rings is 1. The molecule has 1 aromatic carbocycles. The van der Waals surface area contributed by atoms with Crippen LogP contribution in [0.1, 0.15) is 60.9 Å². The highest BCUT2D eigenvalue weighted by Crippen LogP contribution is 2.36. The fraction of sp³-hybridized carbons (Fsp3) is 0.435. The molecule has 3 aromatic rings. The summed E-state index contributed by atoms with van der Waals surface area (Å²) in [7, 11) is 0. The fourth-order valence-corrected chi connectivity index (χ4v) is 4.60. The molecule has 0 saturated carbocycles. The van der Waals surface area contributed by atoms with Crippen LogP contribution in [0.5, 0.6) is 0 Å². The van der Waals surface area contributed by atoms with Gasteiger partial charge in [-0.25, -0.2) is 4.98 Å². The van der Waals surface area contributed by atoms with E-state index in [4.69, 9.17) is 9.72 Å². The Kier molecular flexibility index (Phi) is 4.25. The molecule has 0 aliphatic carbocycles. The van der Waals surface area contributed by atoms with Crippen molar-refractivity contribution in [2.45, 2.75) is 51.7 Å². The Morgan fingerprint density at radius 1 is 1.19 bits per heavy atom. The number of hydrogen-bond donors (Lipinski definition) is 2. The van der Waals surface area contributed by atoms with E-state index in [0.717, 1.165) is 31.8 Å². The van der Waals surface area contributed by atoms with Crippen LogP contribution in [-0.2, 0) is 17.8 Å². The molecule has 0 radical (unpaired) electrons. The molecule has 1 unspecified atom stereocenters. The van der Waals surface area contributed by atoms with Crippen molar-refractivity contribution in [2.75, 3.05) is 13.2 Å². The first-order valence-electron chi connectivity index (χ1n) is 10.1. The van der Waals surface area contributed by atoms with Crippen molar-refractivity contribution in [3.05, 3.63) is 52.8 Å². The Labute approximate surface area is 160 Å². The second kappa shape index (κ2) is 6.77. The van der Waals surface area contributed by atoms with Crippen LogP contribution >= 0.6 is 0 Å². The summed E-state index contributed by atoms with van der Waals surface area (Å²) in [5, 5.41) is 4.91. The number of fused-ring (bicyclic) bond motifs is 2. The molecule has 1 fully saturated rings. The lowest BCUT2D eigenvalue weighted by Gasteiger charge is -2.24. The van der Waals surface area contributed by atoms with Crippen molar-refractivity contribution >= 4 is 11.0 Å². The van der Waals surface area contributed by atoms with Crippen molar-refractivity contribution in [1.29, 1.82) is 0 Å². The number of benzene rings is 1. The lowest BCUT2D eigenvalue weighted by atomic mass is 9.88. The van der Waals surface area contributed by atoms with E-state index in [1.165, 1.54) is 51.6 Å². The van der Waals surface area contributed by atoms with Crippen molar-refractivity contribution < 1.29 is 4.74 Å². The Bertz CT molecular complexity index is 983. The largest absolute Gasteiger partial charge is 0.376 e. The maximum Gasteiger partial charge on any atom is 0.137 e. The van der Waals surface area contributed by atoms with Gasteiger partial charge < -0.3 is 15.0 Å². The van der Waals surface area contributed by atoms with Gasteiger partial charge in [0.1, 0.15) is 5.65 Å². The molecular formula is C23H27N3O. The van der Waals surface area contributed by atoms with Gasteiger partial charge in [-0.2, -0.15) is 0 Å². The van der Waals surface area contributed by atoms with Gasteiger partial charge in [-0.3, -0.25) is 0 Å². The Balaban J connectivity index is 1.65. The van der Waals surface area contributed by atoms with E-state index in [-0.39, 0.29) is 0 Å². The fourth-order valence-electron chi connectivity index (χ4n) is 4.60. The lowest BCUT2D eigenvalue weighted by molar-refractivity contribution is 0.109. The predicted octanol–water partition coefficient (Wildman–Crippen LogP) is 4.85. The summed E-state index contributed by atoms with van der Waals surface area (Å²) >= 11 is 0. The van der Waals surface area contributed by atoms with E-state index in [2.05, 4.69) is 48.5 Å². The first-order chi connectivity index (χ1) is 13.2. The van der Waals surface area contributed by atoms with Gasteiger partial charge in [-0.15, -0.1) is 0 Å². The van der Waals surface area contributed by atoms with E-state index in [0.29, 0.717) is 12.0 Å². The van der Waals surface area contributed by atoms with Gasteiger partial charge in [0.25, 0.3) is 0 Å². The molecule has 5 rings (SSSR count). The molecule has 2 aromatic heterocycles. The van der Waals surface area contributed by atoms with Crippen molar-refractivity contribution in [3.63, 3.8) is 0 Å². The van der Waals surface area contributed by atoms with Crippen LogP contribution in [0.4, 0.5) is 0 Å². The van der Waals surface area contributed by atoms with Crippen LogP contribution < -0.4 is 5.32 Å². The van der Waals surface area contributed by atoms with Crippen molar-refractivity contribution in [3.8, 4) is 11.1 Å². The number of ether oxygens (including phenoxy) is 1. The van der Waals surface area contributed by atoms with Gasteiger partial charge in [-0.05, 0) is 71.7 Å². The molecule has 140 valence electrons. The molecule has 4 heteroatoms.